The van der Waals surface area contributed by atoms with E-state index in [0.29, 0.717) is 35.6 Å². The fourth-order valence-corrected chi connectivity index (χ4v) is 2.58. The topological polar surface area (TPSA) is 74.7 Å². The second kappa shape index (κ2) is 6.76. The molecular weight excluding hydrogens is 306 g/mol. The fraction of sp³-hybridized carbons (Fsp3) is 0.211. The number of rotatable bonds is 5. The second-order valence-corrected chi connectivity index (χ2v) is 5.48. The van der Waals surface area contributed by atoms with E-state index in [4.69, 9.17) is 19.6 Å². The molecule has 2 N–H and O–H groups in total. The van der Waals surface area contributed by atoms with Crippen LogP contribution in [0.15, 0.2) is 51.7 Å². The average Bonchev–Trinajstić information content (AvgIpc) is 2.59. The van der Waals surface area contributed by atoms with Crippen molar-refractivity contribution in [2.75, 3.05) is 20.3 Å². The maximum atomic E-state index is 12.5. The first-order chi connectivity index (χ1) is 11.6. The molecule has 5 nitrogen and oxygen atoms in total. The second-order valence-electron chi connectivity index (χ2n) is 5.48. The molecule has 1 heterocycles. The Morgan fingerprint density at radius 3 is 2.54 bits per heavy atom. The molecule has 124 valence electrons. The normalized spacial score (nSPS) is 10.8. The van der Waals surface area contributed by atoms with Gasteiger partial charge in [0.1, 0.15) is 34.8 Å². The highest BCUT2D eigenvalue weighted by atomic mass is 16.5. The Balaban J connectivity index is 2.06. The smallest absolute Gasteiger partial charge is 0.197 e. The van der Waals surface area contributed by atoms with Gasteiger partial charge in [-0.05, 0) is 48.9 Å². The molecule has 1 aromatic heterocycles. The van der Waals surface area contributed by atoms with Gasteiger partial charge in [-0.2, -0.15) is 0 Å². The SMILES string of the molecule is COc1cc(C)cc2oc(-c3ccc(OCCN)cc3)cc(=O)c12. The van der Waals surface area contributed by atoms with E-state index in [1.807, 2.05) is 43.3 Å². The third-order valence-corrected chi connectivity index (χ3v) is 3.68. The molecule has 2 aromatic carbocycles. The third-order valence-electron chi connectivity index (χ3n) is 3.68. The van der Waals surface area contributed by atoms with E-state index in [1.54, 1.807) is 7.11 Å². The Labute approximate surface area is 139 Å². The minimum atomic E-state index is -0.133. The Morgan fingerprint density at radius 2 is 1.88 bits per heavy atom. The number of aryl methyl sites for hydroxylation is 1. The lowest BCUT2D eigenvalue weighted by Gasteiger charge is -2.09. The summed E-state index contributed by atoms with van der Waals surface area (Å²) in [5, 5.41) is 0.453. The number of ether oxygens (including phenoxy) is 2. The molecule has 3 aromatic rings. The van der Waals surface area contributed by atoms with Crippen molar-refractivity contribution in [2.45, 2.75) is 6.92 Å². The Bertz CT molecular complexity index is 913. The van der Waals surface area contributed by atoms with Crippen molar-refractivity contribution in [2.24, 2.45) is 5.73 Å². The third kappa shape index (κ3) is 3.12. The summed E-state index contributed by atoms with van der Waals surface area (Å²) in [6, 6.07) is 12.5. The molecule has 0 saturated heterocycles. The van der Waals surface area contributed by atoms with Crippen LogP contribution in [0.5, 0.6) is 11.5 Å². The van der Waals surface area contributed by atoms with Crippen LogP contribution in [0.2, 0.25) is 0 Å². The van der Waals surface area contributed by atoms with Crippen LogP contribution in [0.3, 0.4) is 0 Å². The highest BCUT2D eigenvalue weighted by molar-refractivity contribution is 5.85. The van der Waals surface area contributed by atoms with Crippen molar-refractivity contribution in [1.82, 2.24) is 0 Å². The number of benzene rings is 2. The number of hydrogen-bond donors (Lipinski definition) is 1. The van der Waals surface area contributed by atoms with Crippen LogP contribution in [-0.4, -0.2) is 20.3 Å². The van der Waals surface area contributed by atoms with E-state index in [-0.39, 0.29) is 5.43 Å². The largest absolute Gasteiger partial charge is 0.496 e. The molecule has 0 aliphatic rings. The summed E-state index contributed by atoms with van der Waals surface area (Å²) in [6.07, 6.45) is 0. The van der Waals surface area contributed by atoms with Crippen molar-refractivity contribution < 1.29 is 13.9 Å². The molecule has 0 saturated carbocycles. The summed E-state index contributed by atoms with van der Waals surface area (Å²) in [5.74, 6) is 1.76. The van der Waals surface area contributed by atoms with Crippen molar-refractivity contribution in [1.29, 1.82) is 0 Å². The fourth-order valence-electron chi connectivity index (χ4n) is 2.58. The zero-order valence-corrected chi connectivity index (χ0v) is 13.7. The Morgan fingerprint density at radius 1 is 1.12 bits per heavy atom. The highest BCUT2D eigenvalue weighted by Gasteiger charge is 2.12. The van der Waals surface area contributed by atoms with Gasteiger partial charge >= 0.3 is 0 Å². The standard InChI is InChI=1S/C19H19NO4/c1-12-9-17(22-2)19-15(21)11-16(24-18(19)10-12)13-3-5-14(6-4-13)23-8-7-20/h3-6,9-11H,7-8,20H2,1-2H3. The van der Waals surface area contributed by atoms with Crippen LogP contribution < -0.4 is 20.6 Å². The van der Waals surface area contributed by atoms with Crippen LogP contribution in [0, 0.1) is 6.92 Å². The quantitative estimate of drug-likeness (QED) is 0.780. The lowest BCUT2D eigenvalue weighted by molar-refractivity contribution is 0.328. The minimum Gasteiger partial charge on any atom is -0.496 e. The lowest BCUT2D eigenvalue weighted by atomic mass is 10.1. The Hall–Kier alpha value is -2.79. The van der Waals surface area contributed by atoms with Crippen LogP contribution in [0.1, 0.15) is 5.56 Å². The molecule has 0 spiro atoms. The predicted molar refractivity (Wildman–Crippen MR) is 93.8 cm³/mol. The first-order valence-corrected chi connectivity index (χ1v) is 7.68. The van der Waals surface area contributed by atoms with E-state index in [1.165, 1.54) is 6.07 Å². The molecule has 24 heavy (non-hydrogen) atoms. The van der Waals surface area contributed by atoms with Crippen molar-refractivity contribution in [3.63, 3.8) is 0 Å². The number of methoxy groups -OCH3 is 1. The van der Waals surface area contributed by atoms with E-state index in [0.717, 1.165) is 16.9 Å². The van der Waals surface area contributed by atoms with Gasteiger partial charge in [0.15, 0.2) is 5.43 Å². The molecule has 0 aliphatic carbocycles. The summed E-state index contributed by atoms with van der Waals surface area (Å²) in [6.45, 7) is 2.85. The van der Waals surface area contributed by atoms with E-state index >= 15 is 0 Å². The summed E-state index contributed by atoms with van der Waals surface area (Å²) in [4.78, 5) is 12.5. The molecule has 0 bridgehead atoms. The zero-order valence-electron chi connectivity index (χ0n) is 13.7. The molecular formula is C19H19NO4. The van der Waals surface area contributed by atoms with E-state index < -0.39 is 0 Å². The first kappa shape index (κ1) is 16.1. The van der Waals surface area contributed by atoms with Crippen LogP contribution in [0.25, 0.3) is 22.3 Å². The molecule has 0 unspecified atom stereocenters. The Kier molecular flexibility index (Phi) is 4.53. The van der Waals surface area contributed by atoms with Crippen molar-refractivity contribution in [3.8, 4) is 22.8 Å². The molecule has 0 aliphatic heterocycles. The number of hydrogen-bond acceptors (Lipinski definition) is 5. The van der Waals surface area contributed by atoms with E-state index in [2.05, 4.69) is 0 Å². The summed E-state index contributed by atoms with van der Waals surface area (Å²) >= 11 is 0. The maximum Gasteiger partial charge on any atom is 0.197 e. The monoisotopic (exact) mass is 325 g/mol. The molecule has 0 fully saturated rings. The number of fused-ring (bicyclic) bond motifs is 1. The van der Waals surface area contributed by atoms with Gasteiger partial charge in [0.25, 0.3) is 0 Å². The summed E-state index contributed by atoms with van der Waals surface area (Å²) in [7, 11) is 1.54. The summed E-state index contributed by atoms with van der Waals surface area (Å²) in [5.41, 5.74) is 7.56. The maximum absolute atomic E-state index is 12.5. The van der Waals surface area contributed by atoms with Gasteiger partial charge in [-0.1, -0.05) is 0 Å². The average molecular weight is 325 g/mol. The van der Waals surface area contributed by atoms with Gasteiger partial charge < -0.3 is 19.6 Å². The van der Waals surface area contributed by atoms with Gasteiger partial charge in [-0.25, -0.2) is 0 Å². The van der Waals surface area contributed by atoms with Crippen molar-refractivity contribution in [3.05, 3.63) is 58.3 Å². The lowest BCUT2D eigenvalue weighted by Crippen LogP contribution is -2.10. The van der Waals surface area contributed by atoms with Gasteiger partial charge in [-0.15, -0.1) is 0 Å². The van der Waals surface area contributed by atoms with Crippen molar-refractivity contribution >= 4 is 11.0 Å². The van der Waals surface area contributed by atoms with Gasteiger partial charge in [-0.3, -0.25) is 4.79 Å². The molecule has 5 heteroatoms. The molecule has 0 amide bonds. The van der Waals surface area contributed by atoms with Gasteiger partial charge in [0.05, 0.1) is 7.11 Å². The van der Waals surface area contributed by atoms with Crippen LogP contribution >= 0.6 is 0 Å². The predicted octanol–water partition coefficient (Wildman–Crippen LogP) is 3.11. The molecule has 0 radical (unpaired) electrons. The highest BCUT2D eigenvalue weighted by Crippen LogP contribution is 2.29. The minimum absolute atomic E-state index is 0.133. The van der Waals surface area contributed by atoms with Gasteiger partial charge in [0.2, 0.25) is 0 Å². The van der Waals surface area contributed by atoms with Gasteiger partial charge in [0, 0.05) is 18.2 Å². The van der Waals surface area contributed by atoms with Crippen LogP contribution in [0.4, 0.5) is 0 Å². The van der Waals surface area contributed by atoms with Crippen LogP contribution in [-0.2, 0) is 0 Å². The van der Waals surface area contributed by atoms with E-state index in [9.17, 15) is 4.79 Å². The molecule has 3 rings (SSSR count). The summed E-state index contributed by atoms with van der Waals surface area (Å²) < 4.78 is 16.7. The molecule has 0 atom stereocenters. The number of nitrogens with two attached hydrogens (primary N) is 1. The first-order valence-electron chi connectivity index (χ1n) is 7.68. The zero-order chi connectivity index (χ0) is 17.1.